The van der Waals surface area contributed by atoms with Crippen LogP contribution in [0.5, 0.6) is 0 Å². The number of hydrogen-bond donors (Lipinski definition) is 2. The zero-order valence-corrected chi connectivity index (χ0v) is 20.2. The maximum absolute atomic E-state index is 15.1. The molecule has 0 unspecified atom stereocenters. The smallest absolute Gasteiger partial charge is 0.407 e. The third-order valence-corrected chi connectivity index (χ3v) is 6.76. The molecule has 2 saturated heterocycles. The highest BCUT2D eigenvalue weighted by Gasteiger charge is 2.30. The van der Waals surface area contributed by atoms with Gasteiger partial charge in [-0.15, -0.1) is 0 Å². The second kappa shape index (κ2) is 9.73. The number of rotatable bonds is 4. The number of nitrogens with zero attached hydrogens (tertiary/aromatic N) is 5. The molecule has 36 heavy (non-hydrogen) atoms. The van der Waals surface area contributed by atoms with Crippen LogP contribution < -0.4 is 15.1 Å². The quantitative estimate of drug-likeness (QED) is 0.558. The van der Waals surface area contributed by atoms with Gasteiger partial charge in [0.1, 0.15) is 17.5 Å². The number of anilines is 4. The van der Waals surface area contributed by atoms with Crippen molar-refractivity contribution in [3.63, 3.8) is 0 Å². The number of halogens is 2. The average molecular weight is 499 g/mol. The molecule has 0 saturated carbocycles. The molecule has 9 nitrogen and oxygen atoms in total. The molecule has 190 valence electrons. The molecule has 1 atom stereocenters. The molecule has 0 aliphatic carbocycles. The predicted molar refractivity (Wildman–Crippen MR) is 133 cm³/mol. The highest BCUT2D eigenvalue weighted by molar-refractivity contribution is 5.98. The number of benzene rings is 1. The van der Waals surface area contributed by atoms with E-state index in [0.717, 1.165) is 24.8 Å². The minimum Gasteiger partial charge on any atom is -0.465 e. The van der Waals surface area contributed by atoms with Crippen molar-refractivity contribution in [1.82, 2.24) is 14.9 Å². The van der Waals surface area contributed by atoms with Crippen molar-refractivity contribution < 1.29 is 23.4 Å². The maximum Gasteiger partial charge on any atom is 0.407 e. The largest absolute Gasteiger partial charge is 0.465 e. The van der Waals surface area contributed by atoms with Gasteiger partial charge in [0, 0.05) is 56.5 Å². The predicted octanol–water partition coefficient (Wildman–Crippen LogP) is 3.99. The van der Waals surface area contributed by atoms with Crippen LogP contribution >= 0.6 is 0 Å². The number of aromatic nitrogens is 2. The van der Waals surface area contributed by atoms with Crippen LogP contribution in [0.4, 0.5) is 36.5 Å². The Kier molecular flexibility index (Phi) is 6.48. The number of pyridine rings is 2. The second-order valence-corrected chi connectivity index (χ2v) is 9.14. The van der Waals surface area contributed by atoms with Gasteiger partial charge in [0.15, 0.2) is 0 Å². The summed E-state index contributed by atoms with van der Waals surface area (Å²) in [5.41, 5.74) is 2.92. The van der Waals surface area contributed by atoms with Crippen LogP contribution in [0.3, 0.4) is 0 Å². The Morgan fingerprint density at radius 2 is 1.92 bits per heavy atom. The van der Waals surface area contributed by atoms with E-state index in [-0.39, 0.29) is 16.9 Å². The summed E-state index contributed by atoms with van der Waals surface area (Å²) in [5, 5.41) is 12.9. The van der Waals surface area contributed by atoms with Crippen molar-refractivity contribution in [2.45, 2.75) is 19.9 Å². The number of ether oxygens (including phenoxy) is 1. The Hall–Kier alpha value is -3.73. The molecule has 2 aromatic heterocycles. The monoisotopic (exact) mass is 498 g/mol. The summed E-state index contributed by atoms with van der Waals surface area (Å²) in [6, 6.07) is 3.84. The van der Waals surface area contributed by atoms with Crippen LogP contribution in [0.25, 0.3) is 10.9 Å². The van der Waals surface area contributed by atoms with Crippen LogP contribution in [0.1, 0.15) is 12.5 Å². The van der Waals surface area contributed by atoms with Crippen LogP contribution in [0.15, 0.2) is 30.6 Å². The second-order valence-electron chi connectivity index (χ2n) is 9.14. The zero-order chi connectivity index (χ0) is 25.4. The third-order valence-electron chi connectivity index (χ3n) is 6.76. The van der Waals surface area contributed by atoms with Crippen LogP contribution in [-0.4, -0.2) is 78.0 Å². The summed E-state index contributed by atoms with van der Waals surface area (Å²) >= 11 is 0. The first-order valence-electron chi connectivity index (χ1n) is 11.9. The van der Waals surface area contributed by atoms with E-state index in [1.165, 1.54) is 11.0 Å². The molecule has 0 spiro atoms. The number of piperazine rings is 1. The fraction of sp³-hybridized carbons (Fsp3) is 0.400. The van der Waals surface area contributed by atoms with Gasteiger partial charge in [-0.1, -0.05) is 0 Å². The standard InChI is InChI=1S/C25H28F2N6O3/c1-15-14-32(25(34)35)3-4-33(15)24-16(2)23(22-20(27)9-17(26)10-21(22)30-24)29-18-11-19(13-28-12-18)31-5-7-36-8-6-31/h9-13,15H,3-8,14H2,1-2H3,(H,29,30)(H,34,35)/t15-/m1/s1. The van der Waals surface area contributed by atoms with E-state index in [0.29, 0.717) is 55.6 Å². The van der Waals surface area contributed by atoms with Gasteiger partial charge in [-0.05, 0) is 19.9 Å². The highest BCUT2D eigenvalue weighted by Crippen LogP contribution is 2.38. The van der Waals surface area contributed by atoms with E-state index in [4.69, 9.17) is 4.74 Å². The van der Waals surface area contributed by atoms with Crippen molar-refractivity contribution in [2.75, 3.05) is 61.1 Å². The van der Waals surface area contributed by atoms with Crippen LogP contribution in [0.2, 0.25) is 0 Å². The lowest BCUT2D eigenvalue weighted by molar-refractivity contribution is 0.122. The Balaban J connectivity index is 1.57. The summed E-state index contributed by atoms with van der Waals surface area (Å²) in [4.78, 5) is 26.0. The first-order chi connectivity index (χ1) is 17.3. The Bertz CT molecular complexity index is 1300. The summed E-state index contributed by atoms with van der Waals surface area (Å²) in [5.74, 6) is -0.867. The van der Waals surface area contributed by atoms with E-state index in [9.17, 15) is 14.3 Å². The van der Waals surface area contributed by atoms with Gasteiger partial charge in [0.2, 0.25) is 0 Å². The molecule has 5 rings (SSSR count). The van der Waals surface area contributed by atoms with Crippen molar-refractivity contribution >= 4 is 39.9 Å². The van der Waals surface area contributed by atoms with E-state index in [1.54, 1.807) is 12.4 Å². The van der Waals surface area contributed by atoms with E-state index in [2.05, 4.69) is 20.2 Å². The zero-order valence-electron chi connectivity index (χ0n) is 20.2. The number of amides is 1. The lowest BCUT2D eigenvalue weighted by Crippen LogP contribution is -2.53. The fourth-order valence-electron chi connectivity index (χ4n) is 4.91. The van der Waals surface area contributed by atoms with Gasteiger partial charge < -0.3 is 29.9 Å². The van der Waals surface area contributed by atoms with Crippen LogP contribution in [0, 0.1) is 18.6 Å². The molecular formula is C25H28F2N6O3. The minimum absolute atomic E-state index is 0.170. The molecule has 11 heteroatoms. The van der Waals surface area contributed by atoms with Gasteiger partial charge in [0.05, 0.1) is 53.6 Å². The number of carbonyl (C=O) groups is 1. The van der Waals surface area contributed by atoms with Gasteiger partial charge in [-0.25, -0.2) is 18.6 Å². The fourth-order valence-corrected chi connectivity index (χ4v) is 4.91. The molecule has 0 radical (unpaired) electrons. The van der Waals surface area contributed by atoms with Gasteiger partial charge in [0.25, 0.3) is 0 Å². The summed E-state index contributed by atoms with van der Waals surface area (Å²) in [7, 11) is 0. The van der Waals surface area contributed by atoms with Crippen molar-refractivity contribution in [3.8, 4) is 0 Å². The Labute approximate surface area is 207 Å². The number of hydrogen-bond acceptors (Lipinski definition) is 7. The topological polar surface area (TPSA) is 94.1 Å². The molecule has 2 N–H and O–H groups in total. The summed E-state index contributed by atoms with van der Waals surface area (Å²) in [6.07, 6.45) is 2.47. The molecule has 2 aliphatic rings. The van der Waals surface area contributed by atoms with Crippen LogP contribution in [-0.2, 0) is 4.74 Å². The third kappa shape index (κ3) is 4.58. The highest BCUT2D eigenvalue weighted by atomic mass is 19.1. The number of carboxylic acid groups (broad SMARTS) is 1. The van der Waals surface area contributed by atoms with E-state index < -0.39 is 17.7 Å². The molecule has 4 heterocycles. The SMILES string of the molecule is Cc1c(N2CCN(C(=O)O)C[C@H]2C)nc2cc(F)cc(F)c2c1Nc1cncc(N2CCOCC2)c1. The van der Waals surface area contributed by atoms with Crippen molar-refractivity contribution in [2.24, 2.45) is 0 Å². The molecule has 0 bridgehead atoms. The lowest BCUT2D eigenvalue weighted by atomic mass is 10.1. The van der Waals surface area contributed by atoms with Gasteiger partial charge in [-0.2, -0.15) is 0 Å². The van der Waals surface area contributed by atoms with Gasteiger partial charge in [-0.3, -0.25) is 4.98 Å². The first kappa shape index (κ1) is 24.0. The minimum atomic E-state index is -0.969. The van der Waals surface area contributed by atoms with Gasteiger partial charge >= 0.3 is 6.09 Å². The summed E-state index contributed by atoms with van der Waals surface area (Å²) < 4.78 is 34.7. The number of morpholine rings is 1. The first-order valence-corrected chi connectivity index (χ1v) is 11.9. The Morgan fingerprint density at radius 1 is 1.14 bits per heavy atom. The van der Waals surface area contributed by atoms with Crippen molar-refractivity contribution in [1.29, 1.82) is 0 Å². The lowest BCUT2D eigenvalue weighted by Gasteiger charge is -2.40. The molecule has 3 aromatic rings. The normalized spacial score (nSPS) is 18.6. The maximum atomic E-state index is 15.1. The molecule has 1 amide bonds. The molecule has 1 aromatic carbocycles. The molecule has 2 fully saturated rings. The Morgan fingerprint density at radius 3 is 2.64 bits per heavy atom. The summed E-state index contributed by atoms with van der Waals surface area (Å²) in [6.45, 7) is 7.56. The van der Waals surface area contributed by atoms with Crippen molar-refractivity contribution in [3.05, 3.63) is 47.8 Å². The van der Waals surface area contributed by atoms with E-state index in [1.807, 2.05) is 24.8 Å². The molecule has 2 aliphatic heterocycles. The number of fused-ring (bicyclic) bond motifs is 1. The van der Waals surface area contributed by atoms with E-state index >= 15 is 4.39 Å². The number of nitrogens with one attached hydrogen (secondary N) is 1. The average Bonchev–Trinajstić information content (AvgIpc) is 2.86. The molecular weight excluding hydrogens is 470 g/mol.